The van der Waals surface area contributed by atoms with Crippen LogP contribution in [0, 0.1) is 34.1 Å². The molecule has 0 heterocycles. The summed E-state index contributed by atoms with van der Waals surface area (Å²) in [4.78, 5) is 20.5. The molecule has 0 fully saturated rings. The third-order valence-corrected chi connectivity index (χ3v) is 3.04. The molecule has 0 aliphatic heterocycles. The van der Waals surface area contributed by atoms with Gasteiger partial charge in [-0.1, -0.05) is 17.7 Å². The van der Waals surface area contributed by atoms with Gasteiger partial charge < -0.3 is 5.32 Å². The van der Waals surface area contributed by atoms with Gasteiger partial charge in [-0.2, -0.15) is 0 Å². The molecule has 0 aromatic heterocycles. The zero-order valence-electron chi connectivity index (χ0n) is 11.5. The van der Waals surface area contributed by atoms with Crippen LogP contribution in [0.3, 0.4) is 0 Å². The van der Waals surface area contributed by atoms with Crippen molar-refractivity contribution in [3.05, 3.63) is 67.8 Å². The Bertz CT molecular complexity index is 728. The predicted octanol–water partition coefficient (Wildman–Crippen LogP) is 3.86. The maximum absolute atomic E-state index is 11.1. The minimum atomic E-state index is -0.659. The second-order valence-electron chi connectivity index (χ2n) is 4.66. The Hall–Kier alpha value is -2.96. The molecule has 21 heavy (non-hydrogen) atoms. The van der Waals surface area contributed by atoms with E-state index in [4.69, 9.17) is 0 Å². The Balaban J connectivity index is 2.44. The quantitative estimate of drug-likeness (QED) is 0.680. The fourth-order valence-electron chi connectivity index (χ4n) is 1.99. The predicted molar refractivity (Wildman–Crippen MR) is 78.9 cm³/mol. The molecule has 0 spiro atoms. The van der Waals surface area contributed by atoms with E-state index in [0.717, 1.165) is 22.9 Å². The molecule has 0 aliphatic rings. The molecule has 0 saturated heterocycles. The van der Waals surface area contributed by atoms with E-state index >= 15 is 0 Å². The normalized spacial score (nSPS) is 10.2. The zero-order valence-corrected chi connectivity index (χ0v) is 11.5. The highest BCUT2D eigenvalue weighted by atomic mass is 16.6. The van der Waals surface area contributed by atoms with Gasteiger partial charge in [0, 0.05) is 11.8 Å². The van der Waals surface area contributed by atoms with Gasteiger partial charge >= 0.3 is 0 Å². The molecule has 2 aromatic rings. The summed E-state index contributed by atoms with van der Waals surface area (Å²) in [6.07, 6.45) is 0. The molecule has 0 aliphatic carbocycles. The summed E-state index contributed by atoms with van der Waals surface area (Å²) in [5, 5.41) is 24.7. The number of hydrogen-bond donors (Lipinski definition) is 1. The van der Waals surface area contributed by atoms with Gasteiger partial charge in [0.05, 0.1) is 15.9 Å². The van der Waals surface area contributed by atoms with Crippen LogP contribution in [0.15, 0.2) is 36.4 Å². The number of nitrogens with one attached hydrogen (secondary N) is 1. The van der Waals surface area contributed by atoms with E-state index in [0.29, 0.717) is 0 Å². The van der Waals surface area contributed by atoms with Crippen LogP contribution in [0.25, 0.3) is 0 Å². The summed E-state index contributed by atoms with van der Waals surface area (Å²) in [6.45, 7) is 3.83. The highest BCUT2D eigenvalue weighted by molar-refractivity contribution is 5.73. The number of nitro benzene ring substituents is 2. The number of benzene rings is 2. The van der Waals surface area contributed by atoms with E-state index in [9.17, 15) is 20.2 Å². The Morgan fingerprint density at radius 1 is 0.905 bits per heavy atom. The van der Waals surface area contributed by atoms with E-state index in [-0.39, 0.29) is 17.1 Å². The van der Waals surface area contributed by atoms with Crippen molar-refractivity contribution in [2.75, 3.05) is 5.32 Å². The van der Waals surface area contributed by atoms with Gasteiger partial charge in [0.25, 0.3) is 11.4 Å². The molecule has 1 N–H and O–H groups in total. The van der Waals surface area contributed by atoms with Crippen LogP contribution in [0.4, 0.5) is 22.7 Å². The molecule has 108 valence electrons. The topological polar surface area (TPSA) is 98.3 Å². The van der Waals surface area contributed by atoms with Crippen LogP contribution in [-0.4, -0.2) is 9.85 Å². The molecule has 2 rings (SSSR count). The van der Waals surface area contributed by atoms with E-state index in [1.54, 1.807) is 0 Å². The van der Waals surface area contributed by atoms with Crippen molar-refractivity contribution in [3.63, 3.8) is 0 Å². The largest absolute Gasteiger partial charge is 0.350 e. The van der Waals surface area contributed by atoms with Gasteiger partial charge in [0.15, 0.2) is 0 Å². The first-order valence-electron chi connectivity index (χ1n) is 6.15. The second kappa shape index (κ2) is 5.58. The first kappa shape index (κ1) is 14.4. The summed E-state index contributed by atoms with van der Waals surface area (Å²) in [5.41, 5.74) is 2.31. The maximum Gasteiger partial charge on any atom is 0.299 e. The van der Waals surface area contributed by atoms with Crippen LogP contribution in [0.2, 0.25) is 0 Å². The smallest absolute Gasteiger partial charge is 0.299 e. The number of anilines is 2. The lowest BCUT2D eigenvalue weighted by molar-refractivity contribution is -0.393. The first-order valence-corrected chi connectivity index (χ1v) is 6.15. The Morgan fingerprint density at radius 2 is 1.57 bits per heavy atom. The van der Waals surface area contributed by atoms with Crippen LogP contribution >= 0.6 is 0 Å². The fourth-order valence-corrected chi connectivity index (χ4v) is 1.99. The maximum atomic E-state index is 11.1. The average molecular weight is 287 g/mol. The van der Waals surface area contributed by atoms with Gasteiger partial charge in [0.1, 0.15) is 5.69 Å². The Morgan fingerprint density at radius 3 is 2.14 bits per heavy atom. The standard InChI is InChI=1S/C14H13N3O4/c1-9-3-5-12(10(2)7-9)15-13-6-4-11(16(18)19)8-14(13)17(20)21/h3-8,15H,1-2H3. The lowest BCUT2D eigenvalue weighted by Crippen LogP contribution is -2.00. The zero-order chi connectivity index (χ0) is 15.6. The summed E-state index contributed by atoms with van der Waals surface area (Å²) >= 11 is 0. The highest BCUT2D eigenvalue weighted by Crippen LogP contribution is 2.32. The van der Waals surface area contributed by atoms with Gasteiger partial charge in [-0.15, -0.1) is 0 Å². The van der Waals surface area contributed by atoms with Gasteiger partial charge in [0.2, 0.25) is 0 Å². The monoisotopic (exact) mass is 287 g/mol. The summed E-state index contributed by atoms with van der Waals surface area (Å²) < 4.78 is 0. The van der Waals surface area contributed by atoms with Crippen molar-refractivity contribution < 1.29 is 9.85 Å². The van der Waals surface area contributed by atoms with Crippen molar-refractivity contribution in [2.45, 2.75) is 13.8 Å². The second-order valence-corrected chi connectivity index (χ2v) is 4.66. The number of nitro groups is 2. The number of aryl methyl sites for hydroxylation is 2. The van der Waals surface area contributed by atoms with Crippen LogP contribution in [0.5, 0.6) is 0 Å². The molecule has 0 amide bonds. The third kappa shape index (κ3) is 3.14. The van der Waals surface area contributed by atoms with E-state index in [1.807, 2.05) is 32.0 Å². The average Bonchev–Trinajstić information content (AvgIpc) is 2.41. The summed E-state index contributed by atoms with van der Waals surface area (Å²) in [6, 6.07) is 9.17. The van der Waals surface area contributed by atoms with Crippen molar-refractivity contribution in [1.82, 2.24) is 0 Å². The van der Waals surface area contributed by atoms with Gasteiger partial charge in [-0.25, -0.2) is 0 Å². The summed E-state index contributed by atoms with van der Waals surface area (Å²) in [5.74, 6) is 0. The van der Waals surface area contributed by atoms with Gasteiger partial charge in [-0.05, 0) is 31.5 Å². The summed E-state index contributed by atoms with van der Waals surface area (Å²) in [7, 11) is 0. The van der Waals surface area contributed by atoms with Crippen LogP contribution < -0.4 is 5.32 Å². The van der Waals surface area contributed by atoms with Crippen LogP contribution in [-0.2, 0) is 0 Å². The fraction of sp³-hybridized carbons (Fsp3) is 0.143. The van der Waals surface area contributed by atoms with Crippen LogP contribution in [0.1, 0.15) is 11.1 Å². The number of non-ortho nitro benzene ring substituents is 1. The molecular weight excluding hydrogens is 274 g/mol. The molecule has 7 heteroatoms. The van der Waals surface area contributed by atoms with Crippen molar-refractivity contribution in [1.29, 1.82) is 0 Å². The molecule has 0 saturated carbocycles. The Labute approximate surface area is 120 Å². The van der Waals surface area contributed by atoms with Crippen molar-refractivity contribution in [3.8, 4) is 0 Å². The molecular formula is C14H13N3O4. The molecule has 2 aromatic carbocycles. The molecule has 0 atom stereocenters. The van der Waals surface area contributed by atoms with Gasteiger partial charge in [-0.3, -0.25) is 20.2 Å². The molecule has 0 unspecified atom stereocenters. The SMILES string of the molecule is Cc1ccc(Nc2ccc([N+](=O)[O-])cc2[N+](=O)[O-])c(C)c1. The van der Waals surface area contributed by atoms with E-state index in [1.165, 1.54) is 12.1 Å². The molecule has 0 radical (unpaired) electrons. The van der Waals surface area contributed by atoms with Crippen molar-refractivity contribution in [2.24, 2.45) is 0 Å². The highest BCUT2D eigenvalue weighted by Gasteiger charge is 2.19. The van der Waals surface area contributed by atoms with E-state index < -0.39 is 9.85 Å². The lowest BCUT2D eigenvalue weighted by Gasteiger charge is -2.10. The molecule has 7 nitrogen and oxygen atoms in total. The molecule has 0 bridgehead atoms. The van der Waals surface area contributed by atoms with Crippen molar-refractivity contribution >= 4 is 22.7 Å². The van der Waals surface area contributed by atoms with E-state index in [2.05, 4.69) is 5.32 Å². The minimum Gasteiger partial charge on any atom is -0.350 e. The lowest BCUT2D eigenvalue weighted by atomic mass is 10.1. The minimum absolute atomic E-state index is 0.220. The first-order chi connectivity index (χ1) is 9.88. The third-order valence-electron chi connectivity index (χ3n) is 3.04. The number of rotatable bonds is 4. The Kier molecular flexibility index (Phi) is 3.84. The number of hydrogen-bond acceptors (Lipinski definition) is 5. The number of nitrogens with zero attached hydrogens (tertiary/aromatic N) is 2.